The number of benzene rings is 1. The van der Waals surface area contributed by atoms with Crippen molar-refractivity contribution in [3.8, 4) is 5.75 Å². The number of halogens is 2. The van der Waals surface area contributed by atoms with E-state index in [-0.39, 0.29) is 36.5 Å². The average molecular weight is 456 g/mol. The predicted molar refractivity (Wildman–Crippen MR) is 107 cm³/mol. The third-order valence-corrected chi connectivity index (χ3v) is 3.52. The van der Waals surface area contributed by atoms with Crippen LogP contribution in [-0.4, -0.2) is 44.4 Å². The molecule has 0 heterocycles. The summed E-state index contributed by atoms with van der Waals surface area (Å²) in [6.07, 6.45) is 0.794. The standard InChI is InChI=1S/C16H26ClN3O2.HI/c1-4-18-16(20-10-12(2)11-21)19-8-7-13-5-6-14(22-3)9-15(13)17;/h5-6,9,12,21H,4,7-8,10-11H2,1-3H3,(H2,18,19,20);1H. The van der Waals surface area contributed by atoms with Gasteiger partial charge >= 0.3 is 0 Å². The van der Waals surface area contributed by atoms with Gasteiger partial charge in [0.15, 0.2) is 5.96 Å². The van der Waals surface area contributed by atoms with Gasteiger partial charge in [0, 0.05) is 31.3 Å². The van der Waals surface area contributed by atoms with Crippen molar-refractivity contribution in [2.45, 2.75) is 20.3 Å². The molecule has 0 amide bonds. The van der Waals surface area contributed by atoms with E-state index in [1.165, 1.54) is 0 Å². The summed E-state index contributed by atoms with van der Waals surface area (Å²) in [5.74, 6) is 1.67. The fourth-order valence-electron chi connectivity index (χ4n) is 1.82. The lowest BCUT2D eigenvalue weighted by Crippen LogP contribution is -2.38. The van der Waals surface area contributed by atoms with Crippen LogP contribution in [-0.2, 0) is 6.42 Å². The number of aliphatic hydroxyl groups is 1. The van der Waals surface area contributed by atoms with Gasteiger partial charge in [-0.25, -0.2) is 0 Å². The van der Waals surface area contributed by atoms with E-state index in [9.17, 15) is 0 Å². The van der Waals surface area contributed by atoms with Crippen molar-refractivity contribution in [3.05, 3.63) is 28.8 Å². The van der Waals surface area contributed by atoms with Crippen molar-refractivity contribution in [2.24, 2.45) is 10.9 Å². The molecule has 0 saturated heterocycles. The van der Waals surface area contributed by atoms with Crippen LogP contribution in [0.25, 0.3) is 0 Å². The maximum absolute atomic E-state index is 9.04. The highest BCUT2D eigenvalue weighted by Crippen LogP contribution is 2.22. The zero-order valence-electron chi connectivity index (χ0n) is 13.9. The lowest BCUT2D eigenvalue weighted by molar-refractivity contribution is 0.241. The smallest absolute Gasteiger partial charge is 0.191 e. The molecule has 0 aliphatic rings. The first-order valence-electron chi connectivity index (χ1n) is 7.56. The Kier molecular flexibility index (Phi) is 12.3. The molecule has 0 aliphatic heterocycles. The molecule has 1 atom stereocenters. The van der Waals surface area contributed by atoms with Crippen LogP contribution in [0.2, 0.25) is 5.02 Å². The molecule has 132 valence electrons. The highest BCUT2D eigenvalue weighted by atomic mass is 127. The normalized spacial score (nSPS) is 12.3. The Labute approximate surface area is 160 Å². The second-order valence-corrected chi connectivity index (χ2v) is 5.55. The number of hydrogen-bond acceptors (Lipinski definition) is 3. The minimum absolute atomic E-state index is 0. The molecule has 5 nitrogen and oxygen atoms in total. The highest BCUT2D eigenvalue weighted by Gasteiger charge is 2.04. The SMILES string of the molecule is CCNC(=NCC(C)CO)NCCc1ccc(OC)cc1Cl.I. The number of guanidine groups is 1. The molecule has 0 radical (unpaired) electrons. The number of nitrogens with one attached hydrogen (secondary N) is 2. The van der Waals surface area contributed by atoms with Crippen LogP contribution in [0.4, 0.5) is 0 Å². The van der Waals surface area contributed by atoms with E-state index in [0.29, 0.717) is 11.6 Å². The Balaban J connectivity index is 0.00000484. The molecule has 0 spiro atoms. The molecule has 1 unspecified atom stereocenters. The Morgan fingerprint density at radius 3 is 2.70 bits per heavy atom. The number of ether oxygens (including phenoxy) is 1. The van der Waals surface area contributed by atoms with Gasteiger partial charge in [0.25, 0.3) is 0 Å². The first-order valence-corrected chi connectivity index (χ1v) is 7.94. The van der Waals surface area contributed by atoms with Gasteiger partial charge in [-0.2, -0.15) is 0 Å². The molecule has 1 aromatic rings. The van der Waals surface area contributed by atoms with Gasteiger partial charge in [-0.1, -0.05) is 24.6 Å². The topological polar surface area (TPSA) is 65.9 Å². The van der Waals surface area contributed by atoms with Crippen LogP contribution in [0.15, 0.2) is 23.2 Å². The number of rotatable bonds is 8. The monoisotopic (exact) mass is 455 g/mol. The fourth-order valence-corrected chi connectivity index (χ4v) is 2.08. The first-order chi connectivity index (χ1) is 10.6. The van der Waals surface area contributed by atoms with Crippen LogP contribution in [0, 0.1) is 5.92 Å². The summed E-state index contributed by atoms with van der Waals surface area (Å²) in [7, 11) is 1.62. The minimum atomic E-state index is 0. The molecule has 0 fully saturated rings. The predicted octanol–water partition coefficient (Wildman–Crippen LogP) is 2.69. The van der Waals surface area contributed by atoms with Crippen LogP contribution in [0.3, 0.4) is 0 Å². The van der Waals surface area contributed by atoms with E-state index < -0.39 is 0 Å². The van der Waals surface area contributed by atoms with Crippen molar-refractivity contribution >= 4 is 41.5 Å². The number of nitrogens with zero attached hydrogens (tertiary/aromatic N) is 1. The van der Waals surface area contributed by atoms with E-state index in [1.807, 2.05) is 32.0 Å². The van der Waals surface area contributed by atoms with Crippen LogP contribution < -0.4 is 15.4 Å². The van der Waals surface area contributed by atoms with Crippen molar-refractivity contribution < 1.29 is 9.84 Å². The summed E-state index contributed by atoms with van der Waals surface area (Å²) in [6.45, 7) is 6.24. The number of methoxy groups -OCH3 is 1. The Morgan fingerprint density at radius 2 is 2.13 bits per heavy atom. The summed E-state index contributed by atoms with van der Waals surface area (Å²) < 4.78 is 5.14. The second kappa shape index (κ2) is 12.7. The summed E-state index contributed by atoms with van der Waals surface area (Å²) in [5.41, 5.74) is 1.06. The Hall–Kier alpha value is -0.730. The molecule has 0 bridgehead atoms. The third-order valence-electron chi connectivity index (χ3n) is 3.16. The summed E-state index contributed by atoms with van der Waals surface area (Å²) in [4.78, 5) is 4.45. The van der Waals surface area contributed by atoms with E-state index in [2.05, 4.69) is 15.6 Å². The highest BCUT2D eigenvalue weighted by molar-refractivity contribution is 14.0. The molecular weight excluding hydrogens is 429 g/mol. The van der Waals surface area contributed by atoms with E-state index in [4.69, 9.17) is 21.4 Å². The molecule has 0 aromatic heterocycles. The van der Waals surface area contributed by atoms with Gasteiger partial charge in [0.05, 0.1) is 7.11 Å². The third kappa shape index (κ3) is 8.62. The van der Waals surface area contributed by atoms with Gasteiger partial charge in [0.2, 0.25) is 0 Å². The van der Waals surface area contributed by atoms with Crippen molar-refractivity contribution in [3.63, 3.8) is 0 Å². The van der Waals surface area contributed by atoms with Crippen molar-refractivity contribution in [2.75, 3.05) is 33.4 Å². The molecule has 3 N–H and O–H groups in total. The zero-order valence-corrected chi connectivity index (χ0v) is 17.0. The van der Waals surface area contributed by atoms with Crippen LogP contribution >= 0.6 is 35.6 Å². The fraction of sp³-hybridized carbons (Fsp3) is 0.562. The van der Waals surface area contributed by atoms with Crippen molar-refractivity contribution in [1.82, 2.24) is 10.6 Å². The van der Waals surface area contributed by atoms with E-state index >= 15 is 0 Å². The maximum atomic E-state index is 9.04. The minimum Gasteiger partial charge on any atom is -0.497 e. The Bertz CT molecular complexity index is 486. The summed E-state index contributed by atoms with van der Waals surface area (Å²) in [5, 5.41) is 16.2. The lowest BCUT2D eigenvalue weighted by Gasteiger charge is -2.13. The van der Waals surface area contributed by atoms with E-state index in [0.717, 1.165) is 36.8 Å². The molecule has 0 saturated carbocycles. The molecule has 0 aliphatic carbocycles. The molecule has 7 heteroatoms. The second-order valence-electron chi connectivity index (χ2n) is 5.14. The van der Waals surface area contributed by atoms with Gasteiger partial charge in [-0.3, -0.25) is 4.99 Å². The van der Waals surface area contributed by atoms with Gasteiger partial charge in [0.1, 0.15) is 5.75 Å². The molecule has 23 heavy (non-hydrogen) atoms. The summed E-state index contributed by atoms with van der Waals surface area (Å²) in [6, 6.07) is 5.70. The lowest BCUT2D eigenvalue weighted by atomic mass is 10.1. The van der Waals surface area contributed by atoms with Crippen LogP contribution in [0.1, 0.15) is 19.4 Å². The zero-order chi connectivity index (χ0) is 16.4. The van der Waals surface area contributed by atoms with Crippen LogP contribution in [0.5, 0.6) is 5.75 Å². The molecule has 1 aromatic carbocycles. The quantitative estimate of drug-likeness (QED) is 0.320. The first kappa shape index (κ1) is 22.3. The van der Waals surface area contributed by atoms with Gasteiger partial charge in [-0.15, -0.1) is 24.0 Å². The maximum Gasteiger partial charge on any atom is 0.191 e. The van der Waals surface area contributed by atoms with Crippen molar-refractivity contribution in [1.29, 1.82) is 0 Å². The number of aliphatic imine (C=N–C) groups is 1. The number of hydrogen-bond donors (Lipinski definition) is 3. The Morgan fingerprint density at radius 1 is 1.39 bits per heavy atom. The molecular formula is C16H27ClIN3O2. The summed E-state index contributed by atoms with van der Waals surface area (Å²) >= 11 is 6.22. The van der Waals surface area contributed by atoms with Gasteiger partial charge in [-0.05, 0) is 37.0 Å². The van der Waals surface area contributed by atoms with E-state index in [1.54, 1.807) is 7.11 Å². The van der Waals surface area contributed by atoms with Gasteiger partial charge < -0.3 is 20.5 Å². The average Bonchev–Trinajstić information content (AvgIpc) is 2.53. The molecule has 1 rings (SSSR count). The largest absolute Gasteiger partial charge is 0.497 e. The number of aliphatic hydroxyl groups excluding tert-OH is 1.